The Kier molecular flexibility index (Phi) is 4.03. The predicted molar refractivity (Wildman–Crippen MR) is 81.0 cm³/mol. The SMILES string of the molecule is CCC=C1CC2CCCC(C1)N2Cc1ccccc1. The second-order valence-electron chi connectivity index (χ2n) is 6.08. The molecule has 102 valence electrons. The summed E-state index contributed by atoms with van der Waals surface area (Å²) in [6.45, 7) is 3.41. The summed E-state index contributed by atoms with van der Waals surface area (Å²) in [6.07, 6.45) is 10.5. The van der Waals surface area contributed by atoms with Crippen molar-refractivity contribution < 1.29 is 0 Å². The molecule has 1 aromatic carbocycles. The Morgan fingerprint density at radius 2 is 1.79 bits per heavy atom. The zero-order chi connectivity index (χ0) is 13.1. The van der Waals surface area contributed by atoms with Gasteiger partial charge in [0.1, 0.15) is 0 Å². The van der Waals surface area contributed by atoms with Gasteiger partial charge < -0.3 is 0 Å². The van der Waals surface area contributed by atoms with Gasteiger partial charge in [-0.3, -0.25) is 4.90 Å². The van der Waals surface area contributed by atoms with Crippen LogP contribution in [0.1, 0.15) is 51.0 Å². The highest BCUT2D eigenvalue weighted by atomic mass is 15.2. The number of rotatable bonds is 3. The Morgan fingerprint density at radius 3 is 2.42 bits per heavy atom. The van der Waals surface area contributed by atoms with Crippen LogP contribution in [0.4, 0.5) is 0 Å². The fourth-order valence-corrected chi connectivity index (χ4v) is 3.85. The van der Waals surface area contributed by atoms with Gasteiger partial charge in [0.25, 0.3) is 0 Å². The van der Waals surface area contributed by atoms with Gasteiger partial charge in [-0.05, 0) is 37.7 Å². The van der Waals surface area contributed by atoms with Gasteiger partial charge in [0.15, 0.2) is 0 Å². The maximum Gasteiger partial charge on any atom is 0.0239 e. The van der Waals surface area contributed by atoms with E-state index < -0.39 is 0 Å². The third kappa shape index (κ3) is 2.92. The van der Waals surface area contributed by atoms with Crippen molar-refractivity contribution in [3.63, 3.8) is 0 Å². The molecular weight excluding hydrogens is 230 g/mol. The van der Waals surface area contributed by atoms with Crippen LogP contribution in [-0.2, 0) is 6.54 Å². The zero-order valence-corrected chi connectivity index (χ0v) is 12.0. The summed E-state index contributed by atoms with van der Waals surface area (Å²) >= 11 is 0. The lowest BCUT2D eigenvalue weighted by atomic mass is 9.81. The van der Waals surface area contributed by atoms with Gasteiger partial charge in [0.05, 0.1) is 0 Å². The summed E-state index contributed by atoms with van der Waals surface area (Å²) in [4.78, 5) is 2.78. The minimum Gasteiger partial charge on any atom is -0.293 e. The number of nitrogens with zero attached hydrogens (tertiary/aromatic N) is 1. The molecule has 0 aliphatic carbocycles. The first-order valence-electron chi connectivity index (χ1n) is 7.84. The summed E-state index contributed by atoms with van der Waals surface area (Å²) in [7, 11) is 0. The third-order valence-corrected chi connectivity index (χ3v) is 4.71. The Balaban J connectivity index is 1.74. The van der Waals surface area contributed by atoms with Crippen LogP contribution in [0.5, 0.6) is 0 Å². The molecule has 2 saturated heterocycles. The van der Waals surface area contributed by atoms with Crippen molar-refractivity contribution in [2.75, 3.05) is 0 Å². The fourth-order valence-electron chi connectivity index (χ4n) is 3.85. The van der Waals surface area contributed by atoms with Crippen molar-refractivity contribution in [1.29, 1.82) is 0 Å². The number of fused-ring (bicyclic) bond motifs is 2. The predicted octanol–water partition coefficient (Wildman–Crippen LogP) is 4.54. The van der Waals surface area contributed by atoms with Gasteiger partial charge in [0, 0.05) is 18.6 Å². The molecule has 0 N–H and O–H groups in total. The Morgan fingerprint density at radius 1 is 1.11 bits per heavy atom. The van der Waals surface area contributed by atoms with E-state index in [1.54, 1.807) is 5.57 Å². The average molecular weight is 255 g/mol. The lowest BCUT2D eigenvalue weighted by Gasteiger charge is -2.47. The molecule has 1 heteroatoms. The highest BCUT2D eigenvalue weighted by Gasteiger charge is 2.35. The molecule has 1 nitrogen and oxygen atoms in total. The standard InChI is InChI=1S/C18H25N/c1-2-7-16-12-17-10-6-11-18(13-16)19(17)14-15-8-4-3-5-9-15/h3-5,7-9,17-18H,2,6,10-14H2,1H3. The maximum absolute atomic E-state index is 2.78. The van der Waals surface area contributed by atoms with E-state index in [1.165, 1.54) is 44.1 Å². The lowest BCUT2D eigenvalue weighted by molar-refractivity contribution is 0.0535. The highest BCUT2D eigenvalue weighted by molar-refractivity contribution is 5.18. The Labute approximate surface area is 117 Å². The van der Waals surface area contributed by atoms with Crippen LogP contribution in [0.15, 0.2) is 42.0 Å². The summed E-state index contributed by atoms with van der Waals surface area (Å²) in [5, 5.41) is 0. The molecule has 2 aliphatic heterocycles. The van der Waals surface area contributed by atoms with E-state index in [-0.39, 0.29) is 0 Å². The van der Waals surface area contributed by atoms with Gasteiger partial charge in [-0.15, -0.1) is 0 Å². The molecule has 0 saturated carbocycles. The van der Waals surface area contributed by atoms with Crippen molar-refractivity contribution in [2.45, 2.75) is 64.1 Å². The van der Waals surface area contributed by atoms with Crippen molar-refractivity contribution in [3.05, 3.63) is 47.5 Å². The molecule has 0 aromatic heterocycles. The molecule has 3 rings (SSSR count). The molecule has 2 heterocycles. The minimum atomic E-state index is 0.797. The smallest absolute Gasteiger partial charge is 0.0239 e. The first kappa shape index (κ1) is 12.9. The molecule has 0 amide bonds. The summed E-state index contributed by atoms with van der Waals surface area (Å²) in [6, 6.07) is 12.6. The first-order chi connectivity index (χ1) is 9.36. The average Bonchev–Trinajstić information content (AvgIpc) is 2.41. The second-order valence-corrected chi connectivity index (χ2v) is 6.08. The van der Waals surface area contributed by atoms with E-state index in [1.807, 2.05) is 0 Å². The van der Waals surface area contributed by atoms with E-state index in [0.717, 1.165) is 18.6 Å². The van der Waals surface area contributed by atoms with Crippen LogP contribution in [-0.4, -0.2) is 17.0 Å². The van der Waals surface area contributed by atoms with Gasteiger partial charge in [-0.1, -0.05) is 55.3 Å². The topological polar surface area (TPSA) is 3.24 Å². The fraction of sp³-hybridized carbons (Fsp3) is 0.556. The van der Waals surface area contributed by atoms with Crippen molar-refractivity contribution >= 4 is 0 Å². The molecule has 0 radical (unpaired) electrons. The van der Waals surface area contributed by atoms with Crippen molar-refractivity contribution in [2.24, 2.45) is 0 Å². The molecular formula is C18H25N. The molecule has 2 fully saturated rings. The van der Waals surface area contributed by atoms with Gasteiger partial charge in [0.2, 0.25) is 0 Å². The molecule has 0 spiro atoms. The summed E-state index contributed by atoms with van der Waals surface area (Å²) in [5.41, 5.74) is 3.20. The molecule has 2 aliphatic rings. The lowest BCUT2D eigenvalue weighted by Crippen LogP contribution is -2.49. The quantitative estimate of drug-likeness (QED) is 0.717. The van der Waals surface area contributed by atoms with Crippen LogP contribution in [0.2, 0.25) is 0 Å². The van der Waals surface area contributed by atoms with Crippen molar-refractivity contribution in [3.8, 4) is 0 Å². The Hall–Kier alpha value is -1.08. The van der Waals surface area contributed by atoms with Gasteiger partial charge >= 0.3 is 0 Å². The van der Waals surface area contributed by atoms with E-state index in [9.17, 15) is 0 Å². The molecule has 19 heavy (non-hydrogen) atoms. The molecule has 2 unspecified atom stereocenters. The Bertz CT molecular complexity index is 418. The van der Waals surface area contributed by atoms with Gasteiger partial charge in [-0.2, -0.15) is 0 Å². The molecule has 2 bridgehead atoms. The minimum absolute atomic E-state index is 0.797. The largest absolute Gasteiger partial charge is 0.293 e. The van der Waals surface area contributed by atoms with E-state index in [4.69, 9.17) is 0 Å². The van der Waals surface area contributed by atoms with Crippen LogP contribution in [0.25, 0.3) is 0 Å². The second kappa shape index (κ2) is 5.92. The van der Waals surface area contributed by atoms with Crippen molar-refractivity contribution in [1.82, 2.24) is 4.90 Å². The first-order valence-corrected chi connectivity index (χ1v) is 7.84. The van der Waals surface area contributed by atoms with Crippen LogP contribution in [0.3, 0.4) is 0 Å². The number of benzene rings is 1. The van der Waals surface area contributed by atoms with E-state index in [2.05, 4.69) is 48.2 Å². The van der Waals surface area contributed by atoms with Gasteiger partial charge in [-0.25, -0.2) is 0 Å². The maximum atomic E-state index is 2.78. The number of allylic oxidation sites excluding steroid dienone is 1. The normalized spacial score (nSPS) is 27.3. The molecule has 2 atom stereocenters. The van der Waals surface area contributed by atoms with Crippen LogP contribution in [0, 0.1) is 0 Å². The monoisotopic (exact) mass is 255 g/mol. The third-order valence-electron chi connectivity index (χ3n) is 4.71. The van der Waals surface area contributed by atoms with E-state index in [0.29, 0.717) is 0 Å². The van der Waals surface area contributed by atoms with E-state index >= 15 is 0 Å². The highest BCUT2D eigenvalue weighted by Crippen LogP contribution is 2.37. The molecule has 1 aromatic rings. The number of hydrogen-bond donors (Lipinski definition) is 0. The number of piperidine rings is 2. The van der Waals surface area contributed by atoms with Crippen LogP contribution < -0.4 is 0 Å². The zero-order valence-electron chi connectivity index (χ0n) is 12.0. The summed E-state index contributed by atoms with van der Waals surface area (Å²) < 4.78 is 0. The van der Waals surface area contributed by atoms with Crippen LogP contribution >= 0.6 is 0 Å². The number of hydrogen-bond acceptors (Lipinski definition) is 1. The summed E-state index contributed by atoms with van der Waals surface area (Å²) in [5.74, 6) is 0.